The molecule has 0 heterocycles. The Morgan fingerprint density at radius 2 is 2.00 bits per heavy atom. The number of nitro benzene ring substituents is 1. The Labute approximate surface area is 132 Å². The van der Waals surface area contributed by atoms with E-state index in [-0.39, 0.29) is 16.4 Å². The number of halogens is 1. The van der Waals surface area contributed by atoms with Gasteiger partial charge in [0.15, 0.2) is 0 Å². The van der Waals surface area contributed by atoms with Gasteiger partial charge in [-0.25, -0.2) is 0 Å². The highest BCUT2D eigenvalue weighted by molar-refractivity contribution is 6.39. The van der Waals surface area contributed by atoms with E-state index in [1.165, 1.54) is 12.1 Å². The van der Waals surface area contributed by atoms with Crippen molar-refractivity contribution in [2.45, 2.75) is 6.42 Å². The van der Waals surface area contributed by atoms with E-state index < -0.39 is 16.7 Å². The molecule has 0 bridgehead atoms. The standard InChI is InChI=1S/C13H17ClN4O4/c1-17(2)7-3-6-15-12(19)13(20)16-9-4-5-10(14)11(8-9)18(21)22/h4-5,8H,3,6-7H2,1-2H3,(H,15,19)(H,16,20). The molecule has 22 heavy (non-hydrogen) atoms. The van der Waals surface area contributed by atoms with Crippen LogP contribution < -0.4 is 10.6 Å². The van der Waals surface area contributed by atoms with Crippen LogP contribution in [0.1, 0.15) is 6.42 Å². The number of hydrogen-bond acceptors (Lipinski definition) is 5. The van der Waals surface area contributed by atoms with Crippen molar-refractivity contribution in [2.75, 3.05) is 32.5 Å². The van der Waals surface area contributed by atoms with Crippen LogP contribution in [0, 0.1) is 10.1 Å². The Kier molecular flexibility index (Phi) is 6.74. The highest BCUT2D eigenvalue weighted by Gasteiger charge is 2.17. The summed E-state index contributed by atoms with van der Waals surface area (Å²) in [6, 6.07) is 3.76. The zero-order valence-electron chi connectivity index (χ0n) is 12.3. The van der Waals surface area contributed by atoms with Gasteiger partial charge in [0.2, 0.25) is 0 Å². The van der Waals surface area contributed by atoms with E-state index in [9.17, 15) is 19.7 Å². The van der Waals surface area contributed by atoms with E-state index >= 15 is 0 Å². The van der Waals surface area contributed by atoms with Gasteiger partial charge in [0.1, 0.15) is 5.02 Å². The molecule has 0 saturated carbocycles. The van der Waals surface area contributed by atoms with Gasteiger partial charge < -0.3 is 15.5 Å². The number of nitrogens with one attached hydrogen (secondary N) is 2. The summed E-state index contributed by atoms with van der Waals surface area (Å²) in [6.07, 6.45) is 0.707. The molecule has 0 atom stereocenters. The molecule has 2 amide bonds. The minimum absolute atomic E-state index is 0.0452. The largest absolute Gasteiger partial charge is 0.348 e. The van der Waals surface area contributed by atoms with Gasteiger partial charge in [-0.2, -0.15) is 0 Å². The fourth-order valence-corrected chi connectivity index (χ4v) is 1.78. The maximum absolute atomic E-state index is 11.7. The second-order valence-electron chi connectivity index (χ2n) is 4.79. The number of amides is 2. The van der Waals surface area contributed by atoms with E-state index in [0.29, 0.717) is 13.0 Å². The number of rotatable bonds is 6. The highest BCUT2D eigenvalue weighted by atomic mass is 35.5. The molecule has 1 aromatic carbocycles. The lowest BCUT2D eigenvalue weighted by Crippen LogP contribution is -2.36. The first kappa shape index (κ1) is 17.9. The molecule has 9 heteroatoms. The Bertz CT molecular complexity index is 577. The third-order valence-electron chi connectivity index (χ3n) is 2.67. The predicted molar refractivity (Wildman–Crippen MR) is 82.9 cm³/mol. The maximum atomic E-state index is 11.7. The average molecular weight is 329 g/mol. The van der Waals surface area contributed by atoms with Crippen LogP contribution in [-0.2, 0) is 9.59 Å². The second kappa shape index (κ2) is 8.30. The van der Waals surface area contributed by atoms with Gasteiger partial charge >= 0.3 is 11.8 Å². The van der Waals surface area contributed by atoms with Gasteiger partial charge in [-0.3, -0.25) is 19.7 Å². The minimum Gasteiger partial charge on any atom is -0.348 e. The van der Waals surface area contributed by atoms with Crippen molar-refractivity contribution < 1.29 is 14.5 Å². The van der Waals surface area contributed by atoms with Crippen molar-refractivity contribution in [3.8, 4) is 0 Å². The van der Waals surface area contributed by atoms with E-state index in [2.05, 4.69) is 10.6 Å². The lowest BCUT2D eigenvalue weighted by Gasteiger charge is -2.10. The molecule has 8 nitrogen and oxygen atoms in total. The molecule has 120 valence electrons. The van der Waals surface area contributed by atoms with Crippen LogP contribution in [0.5, 0.6) is 0 Å². The number of carbonyl (C=O) groups excluding carboxylic acids is 2. The first-order valence-corrected chi connectivity index (χ1v) is 6.87. The van der Waals surface area contributed by atoms with Gasteiger partial charge in [0, 0.05) is 18.3 Å². The molecule has 0 fully saturated rings. The quantitative estimate of drug-likeness (QED) is 0.354. The predicted octanol–water partition coefficient (Wildman–Crippen LogP) is 1.25. The fourth-order valence-electron chi connectivity index (χ4n) is 1.60. The third-order valence-corrected chi connectivity index (χ3v) is 2.99. The Morgan fingerprint density at radius 3 is 2.59 bits per heavy atom. The lowest BCUT2D eigenvalue weighted by molar-refractivity contribution is -0.384. The monoisotopic (exact) mass is 328 g/mol. The topological polar surface area (TPSA) is 105 Å². The Morgan fingerprint density at radius 1 is 1.32 bits per heavy atom. The molecule has 1 rings (SSSR count). The fraction of sp³-hybridized carbons (Fsp3) is 0.385. The molecule has 0 aliphatic rings. The van der Waals surface area contributed by atoms with Crippen molar-refractivity contribution in [1.29, 1.82) is 0 Å². The number of nitrogens with zero attached hydrogens (tertiary/aromatic N) is 2. The summed E-state index contributed by atoms with van der Waals surface area (Å²) in [7, 11) is 3.81. The molecular weight excluding hydrogens is 312 g/mol. The number of anilines is 1. The first-order chi connectivity index (χ1) is 10.3. The zero-order chi connectivity index (χ0) is 16.7. The molecule has 0 unspecified atom stereocenters. The second-order valence-corrected chi connectivity index (χ2v) is 5.20. The van der Waals surface area contributed by atoms with Crippen LogP contribution in [-0.4, -0.2) is 48.8 Å². The summed E-state index contributed by atoms with van der Waals surface area (Å²) in [6.45, 7) is 1.15. The van der Waals surface area contributed by atoms with Crippen molar-refractivity contribution >= 4 is 34.8 Å². The average Bonchev–Trinajstić information content (AvgIpc) is 2.44. The van der Waals surface area contributed by atoms with E-state index in [0.717, 1.165) is 12.6 Å². The normalized spacial score (nSPS) is 10.4. The van der Waals surface area contributed by atoms with Crippen LogP contribution in [0.3, 0.4) is 0 Å². The third kappa shape index (κ3) is 5.66. The summed E-state index contributed by atoms with van der Waals surface area (Å²) in [5.74, 6) is -1.68. The molecule has 0 radical (unpaired) electrons. The van der Waals surface area contributed by atoms with Crippen molar-refractivity contribution in [3.63, 3.8) is 0 Å². The van der Waals surface area contributed by atoms with Gasteiger partial charge in [-0.1, -0.05) is 11.6 Å². The molecule has 1 aromatic rings. The smallest absolute Gasteiger partial charge is 0.313 e. The van der Waals surface area contributed by atoms with E-state index in [4.69, 9.17) is 11.6 Å². The molecule has 2 N–H and O–H groups in total. The van der Waals surface area contributed by atoms with Crippen LogP contribution >= 0.6 is 11.6 Å². The first-order valence-electron chi connectivity index (χ1n) is 6.49. The van der Waals surface area contributed by atoms with Crippen LogP contribution in [0.4, 0.5) is 11.4 Å². The molecular formula is C13H17ClN4O4. The van der Waals surface area contributed by atoms with Gasteiger partial charge in [0.25, 0.3) is 5.69 Å². The molecule has 0 saturated heterocycles. The molecule has 0 spiro atoms. The molecule has 0 aliphatic carbocycles. The van der Waals surface area contributed by atoms with Crippen molar-refractivity contribution in [1.82, 2.24) is 10.2 Å². The summed E-state index contributed by atoms with van der Waals surface area (Å²) < 4.78 is 0. The molecule has 0 aliphatic heterocycles. The summed E-state index contributed by atoms with van der Waals surface area (Å²) in [4.78, 5) is 35.3. The van der Waals surface area contributed by atoms with Gasteiger partial charge in [-0.05, 0) is 39.2 Å². The summed E-state index contributed by atoms with van der Waals surface area (Å²) in [5, 5.41) is 15.5. The summed E-state index contributed by atoms with van der Waals surface area (Å²) >= 11 is 5.66. The van der Waals surface area contributed by atoms with E-state index in [1.807, 2.05) is 19.0 Å². The van der Waals surface area contributed by atoms with Gasteiger partial charge in [0.05, 0.1) is 4.92 Å². The number of benzene rings is 1. The van der Waals surface area contributed by atoms with Crippen LogP contribution in [0.15, 0.2) is 18.2 Å². The van der Waals surface area contributed by atoms with Gasteiger partial charge in [-0.15, -0.1) is 0 Å². The van der Waals surface area contributed by atoms with Crippen molar-refractivity contribution in [3.05, 3.63) is 33.3 Å². The number of hydrogen-bond donors (Lipinski definition) is 2. The SMILES string of the molecule is CN(C)CCCNC(=O)C(=O)Nc1ccc(Cl)c([N+](=O)[O-])c1. The Balaban J connectivity index is 2.56. The summed E-state index contributed by atoms with van der Waals surface area (Å²) in [5.41, 5.74) is -0.213. The van der Waals surface area contributed by atoms with Crippen LogP contribution in [0.25, 0.3) is 0 Å². The zero-order valence-corrected chi connectivity index (χ0v) is 13.0. The highest BCUT2D eigenvalue weighted by Crippen LogP contribution is 2.27. The van der Waals surface area contributed by atoms with E-state index in [1.54, 1.807) is 0 Å². The molecule has 0 aromatic heterocycles. The van der Waals surface area contributed by atoms with Crippen molar-refractivity contribution in [2.24, 2.45) is 0 Å². The number of nitro groups is 1. The minimum atomic E-state index is -0.888. The van der Waals surface area contributed by atoms with Crippen LogP contribution in [0.2, 0.25) is 5.02 Å². The lowest BCUT2D eigenvalue weighted by atomic mass is 10.2. The number of carbonyl (C=O) groups is 2. The Hall–Kier alpha value is -2.19. The maximum Gasteiger partial charge on any atom is 0.313 e.